The quantitative estimate of drug-likeness (QED) is 0.128. The van der Waals surface area contributed by atoms with Crippen LogP contribution < -0.4 is 19.8 Å². The first-order chi connectivity index (χ1) is 42.0. The van der Waals surface area contributed by atoms with Crippen LogP contribution in [0.5, 0.6) is 11.6 Å². The van der Waals surface area contributed by atoms with Crippen LogP contribution in [0.15, 0.2) is 230 Å². The monoisotopic (exact) mass is 1180 g/mol. The van der Waals surface area contributed by atoms with Gasteiger partial charge >= 0.3 is 391 Å². The van der Waals surface area contributed by atoms with Crippen LogP contribution in [0.25, 0.3) is 66.9 Å². The van der Waals surface area contributed by atoms with E-state index >= 15 is 0 Å². The van der Waals surface area contributed by atoms with Crippen molar-refractivity contribution in [2.75, 3.05) is 9.62 Å². The van der Waals surface area contributed by atoms with Gasteiger partial charge in [0.2, 0.25) is 0 Å². The van der Waals surface area contributed by atoms with Gasteiger partial charge in [0.1, 0.15) is 0 Å². The predicted molar refractivity (Wildman–Crippen MR) is 312 cm³/mol. The van der Waals surface area contributed by atoms with Crippen molar-refractivity contribution < 1.29 is 40.5 Å². The van der Waals surface area contributed by atoms with E-state index in [4.69, 9.17) is 17.9 Å². The first-order valence-corrected chi connectivity index (χ1v) is 26.4. The van der Waals surface area contributed by atoms with Gasteiger partial charge in [0.05, 0.1) is 1.37 Å². The van der Waals surface area contributed by atoms with E-state index in [0.717, 1.165) is 61.4 Å². The number of rotatable bonds is 10. The number of para-hydroxylation sites is 6. The van der Waals surface area contributed by atoms with Crippen molar-refractivity contribution in [2.24, 2.45) is 5.92 Å². The van der Waals surface area contributed by atoms with E-state index in [0.29, 0.717) is 20.7 Å². The summed E-state index contributed by atoms with van der Waals surface area (Å²) in [5.41, 5.74) is 10.8. The molecule has 372 valence electrons. The molecule has 6 nitrogen and oxygen atoms in total. The second-order valence-corrected chi connectivity index (χ2v) is 21.3. The van der Waals surface area contributed by atoms with Crippen molar-refractivity contribution in [3.8, 4) is 67.5 Å². The molecule has 0 fully saturated rings. The van der Waals surface area contributed by atoms with E-state index in [9.17, 15) is 8.22 Å². The van der Waals surface area contributed by atoms with Crippen molar-refractivity contribution in [1.29, 1.82) is 0 Å². The Morgan fingerprint density at radius 2 is 1.16 bits per heavy atom. The second kappa shape index (κ2) is 19.2. The van der Waals surface area contributed by atoms with E-state index in [-0.39, 0.29) is 57.2 Å². The fourth-order valence-corrected chi connectivity index (χ4v) is 11.9. The molecule has 8 heteroatoms. The zero-order chi connectivity index (χ0) is 62.2. The molecule has 2 aromatic heterocycles. The van der Waals surface area contributed by atoms with Gasteiger partial charge in [-0.2, -0.15) is 0 Å². The molecule has 4 heterocycles. The van der Waals surface area contributed by atoms with Crippen LogP contribution in [0.3, 0.4) is 0 Å². The Morgan fingerprint density at radius 3 is 1.86 bits per heavy atom. The normalized spacial score (nSPS) is 15.1. The van der Waals surface area contributed by atoms with Gasteiger partial charge in [0, 0.05) is 11.3 Å². The van der Waals surface area contributed by atoms with Crippen molar-refractivity contribution in [2.45, 2.75) is 46.4 Å². The van der Waals surface area contributed by atoms with Crippen molar-refractivity contribution in [3.63, 3.8) is 0 Å². The minimum atomic E-state index is -2.22. The first-order valence-electron chi connectivity index (χ1n) is 31.3. The molecule has 0 unspecified atom stereocenters. The molecule has 0 bridgehead atoms. The van der Waals surface area contributed by atoms with Gasteiger partial charge in [0.15, 0.2) is 0 Å². The molecule has 0 atom stereocenters. The molecule has 0 saturated carbocycles. The summed E-state index contributed by atoms with van der Waals surface area (Å²) in [6.45, 7) is 9.37. The topological polar surface area (TPSA) is 38.5 Å². The summed E-state index contributed by atoms with van der Waals surface area (Å²) in [6.07, 6.45) is -2.22. The average Bonchev–Trinajstić information content (AvgIpc) is 1.61. The van der Waals surface area contributed by atoms with E-state index in [2.05, 4.69) is 86.1 Å². The number of pyridine rings is 1. The molecule has 76 heavy (non-hydrogen) atoms. The molecule has 2 aliphatic heterocycles. The van der Waals surface area contributed by atoms with Crippen molar-refractivity contribution >= 4 is 46.4 Å². The van der Waals surface area contributed by atoms with Gasteiger partial charge < -0.3 is 0 Å². The molecular weight excluding hydrogens is 1110 g/mol. The molecular formula is C68H56BN5OPt. The molecule has 0 spiro atoms. The zero-order valence-electron chi connectivity index (χ0n) is 54.3. The van der Waals surface area contributed by atoms with Crippen LogP contribution in [0.1, 0.15) is 62.2 Å². The molecule has 0 radical (unpaired) electrons. The third-order valence-electron chi connectivity index (χ3n) is 14.1. The molecule has 11 aromatic rings. The number of imidazole rings is 1. The number of hydrogen-bond acceptors (Lipinski definition) is 4. The van der Waals surface area contributed by atoms with E-state index in [1.54, 1.807) is 44.2 Å². The summed E-state index contributed by atoms with van der Waals surface area (Å²) in [7, 11) is 0. The van der Waals surface area contributed by atoms with Gasteiger partial charge in [-0.05, 0) is 17.7 Å². The van der Waals surface area contributed by atoms with E-state index in [1.807, 2.05) is 112 Å². The SMILES string of the molecule is [2H]c1c([2H])c([2H])c(-c2cccc(-c3ccc(C(C)(C)C)cc3)c2-n2[c](=[Pt])n(-c3cccc(Oc4nc(N5B6c7ccccc7-c7ccccc7N6c6ccccc65)cc(C([2H])([2H])C(C)C)c4-c4c([2H])c([2H])c([2H])c([2H])c4[2H])c3)c3ccccc32)c([2H])c1[2H]. The number of fused-ring (bicyclic) bond motifs is 9. The Labute approximate surface area is 473 Å². The molecule has 0 amide bonds. The van der Waals surface area contributed by atoms with E-state index < -0.39 is 67.6 Å². The summed E-state index contributed by atoms with van der Waals surface area (Å²) < 4.78 is 122. The number of hydrogen-bond donors (Lipinski definition) is 0. The third-order valence-corrected chi connectivity index (χ3v) is 15.1. The zero-order valence-corrected chi connectivity index (χ0v) is 44.6. The summed E-state index contributed by atoms with van der Waals surface area (Å²) in [6, 6.07) is 49.8. The van der Waals surface area contributed by atoms with E-state index in [1.165, 1.54) is 0 Å². The van der Waals surface area contributed by atoms with Crippen LogP contribution in [0.2, 0.25) is 0 Å². The third kappa shape index (κ3) is 8.17. The molecule has 0 aliphatic carbocycles. The number of benzene rings is 9. The Kier molecular flexibility index (Phi) is 9.04. The number of nitrogens with zero attached hydrogens (tertiary/aromatic N) is 5. The van der Waals surface area contributed by atoms with Crippen molar-refractivity contribution in [1.82, 2.24) is 14.1 Å². The van der Waals surface area contributed by atoms with Crippen LogP contribution in [0, 0.1) is 9.72 Å². The minimum absolute atomic E-state index is 0.00586. The predicted octanol–water partition coefficient (Wildman–Crippen LogP) is 16.8. The second-order valence-electron chi connectivity index (χ2n) is 20.2. The van der Waals surface area contributed by atoms with Gasteiger partial charge in [-0.1, -0.05) is 54.6 Å². The molecule has 0 saturated heterocycles. The number of aromatic nitrogens is 3. The Balaban J connectivity index is 1.05. The Morgan fingerprint density at radius 1 is 0.579 bits per heavy atom. The van der Waals surface area contributed by atoms with Crippen LogP contribution in [-0.2, 0) is 31.1 Å². The van der Waals surface area contributed by atoms with Crippen LogP contribution in [0.4, 0.5) is 22.9 Å². The summed E-state index contributed by atoms with van der Waals surface area (Å²) >= 11 is 2.26. The van der Waals surface area contributed by atoms with Gasteiger partial charge in [-0.15, -0.1) is 0 Å². The fraction of sp³-hybridized carbons (Fsp3) is 0.118. The van der Waals surface area contributed by atoms with Gasteiger partial charge in [0.25, 0.3) is 0 Å². The maximum absolute atomic E-state index is 9.98. The number of ether oxygens (including phenoxy) is 1. The van der Waals surface area contributed by atoms with Gasteiger partial charge in [-0.25, -0.2) is 0 Å². The Hall–Kier alpha value is -8.25. The summed E-state index contributed by atoms with van der Waals surface area (Å²) in [4.78, 5) is 9.69. The molecule has 0 N–H and O–H groups in total. The Bertz CT molecular complexity index is 4730. The standard InChI is InChI=1S/C68H56BN5O.Pt/c1-46(2)42-50-43-64(74-63-37-19-18-36-62(63)73-59-33-15-13-29-57(59)56-28-12-14-32-58(56)69(73)74)70-67(65(50)49-24-10-7-11-25-49)75-53-27-20-26-52(44-53)71-45-72(61-35-17-16-34-60(61)71)66-54(47-22-8-6-9-23-47)30-21-31-55(66)48-38-40-51(41-39-48)68(3,4)5;/h6-41,43-44,46H,42H2,1-5H3;/i6D,7D,8D,9D,10D,11D,22D,23D,24D,25D,42D2;. The van der Waals surface area contributed by atoms with Crippen molar-refractivity contribution in [3.05, 3.63) is 245 Å². The van der Waals surface area contributed by atoms with Crippen LogP contribution >= 0.6 is 0 Å². The molecule has 13 rings (SSSR count). The van der Waals surface area contributed by atoms with Crippen LogP contribution in [-0.4, -0.2) is 21.1 Å². The molecule has 9 aromatic carbocycles. The number of anilines is 4. The summed E-state index contributed by atoms with van der Waals surface area (Å²) in [5.74, 6) is -0.418. The fourth-order valence-electron chi connectivity index (χ4n) is 10.8. The average molecular weight is 1180 g/mol. The first kappa shape index (κ1) is 35.9. The maximum atomic E-state index is 9.98. The van der Waals surface area contributed by atoms with Gasteiger partial charge in [-0.3, -0.25) is 0 Å². The summed E-state index contributed by atoms with van der Waals surface area (Å²) in [5, 5.41) is 0. The molecule has 2 aliphatic rings.